The molecule has 1 heteroatoms. The molecule has 2 atom stereocenters. The van der Waals surface area contributed by atoms with Gasteiger partial charge >= 0.3 is 0 Å². The Labute approximate surface area is 93.9 Å². The first kappa shape index (κ1) is 12.3. The molecule has 0 fully saturated rings. The van der Waals surface area contributed by atoms with Gasteiger partial charge < -0.3 is 5.32 Å². The molecule has 0 radical (unpaired) electrons. The smallest absolute Gasteiger partial charge is 0.00816 e. The Kier molecular flexibility index (Phi) is 5.41. The van der Waals surface area contributed by atoms with Crippen LogP contribution in [0.3, 0.4) is 0 Å². The first-order valence-corrected chi connectivity index (χ1v) is 6.02. The number of rotatable bonds is 6. The fourth-order valence-corrected chi connectivity index (χ4v) is 2.03. The number of hydrogen-bond acceptors (Lipinski definition) is 1. The monoisotopic (exact) mass is 205 g/mol. The quantitative estimate of drug-likeness (QED) is 0.750. The summed E-state index contributed by atoms with van der Waals surface area (Å²) in [6.45, 7) is 6.77. The fourth-order valence-electron chi connectivity index (χ4n) is 2.03. The van der Waals surface area contributed by atoms with Crippen LogP contribution in [0, 0.1) is 0 Å². The maximum absolute atomic E-state index is 3.63. The molecule has 1 aromatic rings. The van der Waals surface area contributed by atoms with Gasteiger partial charge in [-0.2, -0.15) is 0 Å². The molecule has 1 nitrogen and oxygen atoms in total. The van der Waals surface area contributed by atoms with Crippen molar-refractivity contribution >= 4 is 0 Å². The van der Waals surface area contributed by atoms with Crippen LogP contribution >= 0.6 is 0 Å². The van der Waals surface area contributed by atoms with Gasteiger partial charge in [0.2, 0.25) is 0 Å². The standard InChI is InChI=1S/C14H23N/c1-4-8-12(2)15-13(3)11-14-9-6-5-7-10-14/h5-7,9-10,12-13,15H,4,8,11H2,1-3H3. The maximum atomic E-state index is 3.63. The lowest BCUT2D eigenvalue weighted by molar-refractivity contribution is 0.441. The van der Waals surface area contributed by atoms with Crippen molar-refractivity contribution in [2.24, 2.45) is 0 Å². The van der Waals surface area contributed by atoms with Gasteiger partial charge in [-0.25, -0.2) is 0 Å². The third-order valence-electron chi connectivity index (χ3n) is 2.68. The molecule has 0 aliphatic heterocycles. The van der Waals surface area contributed by atoms with E-state index in [1.165, 1.54) is 18.4 Å². The minimum Gasteiger partial charge on any atom is -0.311 e. The highest BCUT2D eigenvalue weighted by atomic mass is 14.9. The van der Waals surface area contributed by atoms with Crippen LogP contribution in [0.1, 0.15) is 39.2 Å². The SMILES string of the molecule is CCCC(C)NC(C)Cc1ccccc1. The summed E-state index contributed by atoms with van der Waals surface area (Å²) in [7, 11) is 0. The Morgan fingerprint density at radius 2 is 1.73 bits per heavy atom. The van der Waals surface area contributed by atoms with E-state index >= 15 is 0 Å². The van der Waals surface area contributed by atoms with E-state index < -0.39 is 0 Å². The predicted octanol–water partition coefficient (Wildman–Crippen LogP) is 3.40. The Morgan fingerprint density at radius 1 is 1.07 bits per heavy atom. The second-order valence-corrected chi connectivity index (χ2v) is 4.45. The van der Waals surface area contributed by atoms with E-state index in [4.69, 9.17) is 0 Å². The van der Waals surface area contributed by atoms with Crippen LogP contribution in [-0.4, -0.2) is 12.1 Å². The average Bonchev–Trinajstić information content (AvgIpc) is 2.19. The van der Waals surface area contributed by atoms with Gasteiger partial charge in [0.05, 0.1) is 0 Å². The Balaban J connectivity index is 2.33. The van der Waals surface area contributed by atoms with E-state index in [1.54, 1.807) is 0 Å². The van der Waals surface area contributed by atoms with Crippen LogP contribution in [0.4, 0.5) is 0 Å². The third-order valence-corrected chi connectivity index (χ3v) is 2.68. The van der Waals surface area contributed by atoms with Crippen LogP contribution in [0.5, 0.6) is 0 Å². The molecule has 15 heavy (non-hydrogen) atoms. The van der Waals surface area contributed by atoms with Gasteiger partial charge in [-0.05, 0) is 32.3 Å². The molecule has 1 aromatic carbocycles. The largest absolute Gasteiger partial charge is 0.311 e. The summed E-state index contributed by atoms with van der Waals surface area (Å²) in [5.74, 6) is 0. The van der Waals surface area contributed by atoms with Crippen molar-refractivity contribution in [1.29, 1.82) is 0 Å². The van der Waals surface area contributed by atoms with Crippen molar-refractivity contribution in [3.8, 4) is 0 Å². The van der Waals surface area contributed by atoms with E-state index in [0.29, 0.717) is 12.1 Å². The molecule has 84 valence electrons. The van der Waals surface area contributed by atoms with E-state index in [0.717, 1.165) is 6.42 Å². The normalized spacial score (nSPS) is 14.9. The molecule has 1 rings (SSSR count). The molecular weight excluding hydrogens is 182 g/mol. The van der Waals surface area contributed by atoms with Gasteiger partial charge in [0.1, 0.15) is 0 Å². The van der Waals surface area contributed by atoms with Gasteiger partial charge in [-0.1, -0.05) is 43.7 Å². The van der Waals surface area contributed by atoms with Crippen LogP contribution in [0.25, 0.3) is 0 Å². The summed E-state index contributed by atoms with van der Waals surface area (Å²) in [6, 6.07) is 11.9. The highest BCUT2D eigenvalue weighted by molar-refractivity contribution is 5.15. The molecule has 0 heterocycles. The topological polar surface area (TPSA) is 12.0 Å². The zero-order valence-electron chi connectivity index (χ0n) is 10.2. The molecule has 0 spiro atoms. The molecule has 0 bridgehead atoms. The van der Waals surface area contributed by atoms with Crippen LogP contribution in [0.15, 0.2) is 30.3 Å². The Bertz CT molecular complexity index is 255. The maximum Gasteiger partial charge on any atom is 0.00816 e. The van der Waals surface area contributed by atoms with Crippen LogP contribution in [-0.2, 0) is 6.42 Å². The van der Waals surface area contributed by atoms with Crippen LogP contribution in [0.2, 0.25) is 0 Å². The minimum atomic E-state index is 0.564. The van der Waals surface area contributed by atoms with Gasteiger partial charge in [0.15, 0.2) is 0 Å². The van der Waals surface area contributed by atoms with E-state index in [2.05, 4.69) is 56.4 Å². The zero-order chi connectivity index (χ0) is 11.1. The zero-order valence-corrected chi connectivity index (χ0v) is 10.2. The van der Waals surface area contributed by atoms with Gasteiger partial charge in [-0.15, -0.1) is 0 Å². The second kappa shape index (κ2) is 6.62. The van der Waals surface area contributed by atoms with Gasteiger partial charge in [-0.3, -0.25) is 0 Å². The first-order chi connectivity index (χ1) is 7.22. The highest BCUT2D eigenvalue weighted by Crippen LogP contribution is 2.04. The minimum absolute atomic E-state index is 0.564. The van der Waals surface area contributed by atoms with Crippen molar-refractivity contribution in [3.63, 3.8) is 0 Å². The summed E-state index contributed by atoms with van der Waals surface area (Å²) in [5.41, 5.74) is 1.42. The summed E-state index contributed by atoms with van der Waals surface area (Å²) in [5, 5.41) is 3.63. The predicted molar refractivity (Wildman–Crippen MR) is 67.1 cm³/mol. The number of hydrogen-bond donors (Lipinski definition) is 1. The third kappa shape index (κ3) is 4.98. The van der Waals surface area contributed by atoms with Crippen molar-refractivity contribution in [2.75, 3.05) is 0 Å². The van der Waals surface area contributed by atoms with E-state index in [9.17, 15) is 0 Å². The summed E-state index contributed by atoms with van der Waals surface area (Å²) < 4.78 is 0. The Morgan fingerprint density at radius 3 is 2.33 bits per heavy atom. The van der Waals surface area contributed by atoms with Gasteiger partial charge in [0, 0.05) is 12.1 Å². The summed E-state index contributed by atoms with van der Waals surface area (Å²) in [6.07, 6.45) is 3.64. The van der Waals surface area contributed by atoms with E-state index in [-0.39, 0.29) is 0 Å². The summed E-state index contributed by atoms with van der Waals surface area (Å²) >= 11 is 0. The Hall–Kier alpha value is -0.820. The molecule has 0 aliphatic carbocycles. The molecular formula is C14H23N. The second-order valence-electron chi connectivity index (χ2n) is 4.45. The molecule has 0 aliphatic rings. The molecule has 0 aromatic heterocycles. The molecule has 2 unspecified atom stereocenters. The fraction of sp³-hybridized carbons (Fsp3) is 0.571. The lowest BCUT2D eigenvalue weighted by Gasteiger charge is -2.19. The molecule has 0 saturated heterocycles. The van der Waals surface area contributed by atoms with Crippen molar-refractivity contribution in [3.05, 3.63) is 35.9 Å². The summed E-state index contributed by atoms with van der Waals surface area (Å²) in [4.78, 5) is 0. The molecule has 0 saturated carbocycles. The average molecular weight is 205 g/mol. The van der Waals surface area contributed by atoms with Crippen molar-refractivity contribution < 1.29 is 0 Å². The van der Waals surface area contributed by atoms with Crippen molar-refractivity contribution in [1.82, 2.24) is 5.32 Å². The molecule has 1 N–H and O–H groups in total. The van der Waals surface area contributed by atoms with Gasteiger partial charge in [0.25, 0.3) is 0 Å². The van der Waals surface area contributed by atoms with Crippen LogP contribution < -0.4 is 5.32 Å². The number of benzene rings is 1. The lowest BCUT2D eigenvalue weighted by atomic mass is 10.1. The number of nitrogens with one attached hydrogen (secondary N) is 1. The van der Waals surface area contributed by atoms with E-state index in [1.807, 2.05) is 0 Å². The molecule has 0 amide bonds. The first-order valence-electron chi connectivity index (χ1n) is 6.02. The highest BCUT2D eigenvalue weighted by Gasteiger charge is 2.06. The van der Waals surface area contributed by atoms with Crippen molar-refractivity contribution in [2.45, 2.75) is 52.1 Å². The lowest BCUT2D eigenvalue weighted by Crippen LogP contribution is -2.35.